The number of nitrogens with one attached hydrogen (secondary N) is 2. The number of hydrogen-bond donors (Lipinski definition) is 3. The Morgan fingerprint density at radius 2 is 1.53 bits per heavy atom. The summed E-state index contributed by atoms with van der Waals surface area (Å²) in [5.74, 6) is -1.33. The summed E-state index contributed by atoms with van der Waals surface area (Å²) in [5.41, 5.74) is 1.74. The van der Waals surface area contributed by atoms with E-state index in [-0.39, 0.29) is 31.3 Å². The summed E-state index contributed by atoms with van der Waals surface area (Å²) in [6, 6.07) is 10.3. The fourth-order valence-electron chi connectivity index (χ4n) is 3.56. The molecule has 0 fully saturated rings. The van der Waals surface area contributed by atoms with Crippen LogP contribution in [-0.2, 0) is 33.1 Å². The summed E-state index contributed by atoms with van der Waals surface area (Å²) in [6.07, 6.45) is -10.6. The van der Waals surface area contributed by atoms with Crippen molar-refractivity contribution in [2.45, 2.75) is 50.7 Å². The molecule has 0 unspecified atom stereocenters. The zero-order valence-electron chi connectivity index (χ0n) is 19.6. The molecular formula is C24H27F6N3O3. The average Bonchev–Trinajstić information content (AvgIpc) is 2.78. The van der Waals surface area contributed by atoms with Gasteiger partial charge in [-0.3, -0.25) is 14.9 Å². The molecule has 2 atom stereocenters. The fraction of sp³-hybridized carbons (Fsp3) is 0.417. The number of nitrogens with two attached hydrogens (primary N) is 1. The molecule has 0 heterocycles. The first-order chi connectivity index (χ1) is 16.6. The van der Waals surface area contributed by atoms with E-state index >= 15 is 0 Å². The van der Waals surface area contributed by atoms with Gasteiger partial charge < -0.3 is 15.8 Å². The van der Waals surface area contributed by atoms with Gasteiger partial charge in [0.15, 0.2) is 0 Å². The zero-order chi connectivity index (χ0) is 27.1. The van der Waals surface area contributed by atoms with Crippen LogP contribution in [0.3, 0.4) is 0 Å². The van der Waals surface area contributed by atoms with Gasteiger partial charge in [0, 0.05) is 13.5 Å². The number of hydrogen-bond acceptors (Lipinski definition) is 4. The number of rotatable bonds is 11. The highest BCUT2D eigenvalue weighted by atomic mass is 19.4. The van der Waals surface area contributed by atoms with Crippen LogP contribution in [0.4, 0.5) is 26.3 Å². The third kappa shape index (κ3) is 8.23. The molecule has 0 aliphatic rings. The predicted molar refractivity (Wildman–Crippen MR) is 119 cm³/mol. The number of ether oxygens (including phenoxy) is 1. The van der Waals surface area contributed by atoms with Crippen molar-refractivity contribution in [1.82, 2.24) is 10.6 Å². The minimum atomic E-state index is -4.98. The summed E-state index contributed by atoms with van der Waals surface area (Å²) in [5, 5.41) is 5.31. The Kier molecular flexibility index (Phi) is 9.50. The topological polar surface area (TPSA) is 93.4 Å². The number of halogens is 6. The van der Waals surface area contributed by atoms with E-state index in [1.165, 1.54) is 13.8 Å². The van der Waals surface area contributed by atoms with Crippen molar-refractivity contribution in [2.24, 2.45) is 5.73 Å². The van der Waals surface area contributed by atoms with Gasteiger partial charge in [0.2, 0.25) is 11.8 Å². The van der Waals surface area contributed by atoms with Crippen LogP contribution in [-0.4, -0.2) is 30.6 Å². The quantitative estimate of drug-likeness (QED) is 0.234. The number of carbonyl (C=O) groups excluding carboxylic acids is 2. The lowest BCUT2D eigenvalue weighted by molar-refractivity contribution is -0.143. The van der Waals surface area contributed by atoms with E-state index in [4.69, 9.17) is 10.5 Å². The largest absolute Gasteiger partial charge is 0.416 e. The third-order valence-corrected chi connectivity index (χ3v) is 5.51. The Bertz CT molecular complexity index is 1010. The number of aryl methyl sites for hydroxylation is 1. The summed E-state index contributed by atoms with van der Waals surface area (Å²) in [6.45, 7) is 1.98. The van der Waals surface area contributed by atoms with Crippen molar-refractivity contribution in [3.8, 4) is 0 Å². The molecule has 0 spiro atoms. The smallest absolute Gasteiger partial charge is 0.368 e. The minimum Gasteiger partial charge on any atom is -0.368 e. The molecule has 12 heteroatoms. The molecular weight excluding hydrogens is 492 g/mol. The molecule has 198 valence electrons. The van der Waals surface area contributed by atoms with Crippen LogP contribution in [0.25, 0.3) is 0 Å². The molecule has 0 aromatic heterocycles. The van der Waals surface area contributed by atoms with E-state index < -0.39 is 46.9 Å². The molecule has 0 bridgehead atoms. The highest BCUT2D eigenvalue weighted by molar-refractivity contribution is 5.90. The number of benzene rings is 2. The van der Waals surface area contributed by atoms with E-state index in [0.29, 0.717) is 18.6 Å². The van der Waals surface area contributed by atoms with E-state index in [2.05, 4.69) is 10.6 Å². The first-order valence-corrected chi connectivity index (χ1v) is 10.9. The van der Waals surface area contributed by atoms with Gasteiger partial charge >= 0.3 is 12.4 Å². The monoisotopic (exact) mass is 519 g/mol. The van der Waals surface area contributed by atoms with Crippen LogP contribution < -0.4 is 16.4 Å². The third-order valence-electron chi connectivity index (χ3n) is 5.51. The van der Waals surface area contributed by atoms with Crippen LogP contribution in [0.1, 0.15) is 48.6 Å². The van der Waals surface area contributed by atoms with Gasteiger partial charge in [0.1, 0.15) is 5.54 Å². The standard InChI is InChI=1S/C24H27F6N3O3/c1-15(18-10-19(23(25,26)27)12-20(11-18)24(28,29)30)36-14-32-13-22(21(31)35,33-16(2)34)9-8-17-6-4-3-5-7-17/h3-7,10-12,15,32H,8-9,13-14H2,1-2H3,(H2,31,35)(H,33,34)/t15-,22+/m1/s1. The maximum atomic E-state index is 13.1. The first-order valence-electron chi connectivity index (χ1n) is 10.9. The van der Waals surface area contributed by atoms with Gasteiger partial charge in [-0.25, -0.2) is 0 Å². The minimum absolute atomic E-state index is 0.0375. The molecule has 2 aromatic carbocycles. The lowest BCUT2D eigenvalue weighted by atomic mass is 9.90. The van der Waals surface area contributed by atoms with Crippen molar-refractivity contribution >= 4 is 11.8 Å². The number of carbonyl (C=O) groups is 2. The molecule has 0 aliphatic carbocycles. The van der Waals surface area contributed by atoms with Crippen molar-refractivity contribution in [2.75, 3.05) is 13.3 Å². The first kappa shape index (κ1) is 29.1. The van der Waals surface area contributed by atoms with Crippen LogP contribution in [0.5, 0.6) is 0 Å². The Morgan fingerprint density at radius 1 is 0.972 bits per heavy atom. The van der Waals surface area contributed by atoms with Crippen molar-refractivity contribution in [1.29, 1.82) is 0 Å². The normalized spacial score (nSPS) is 14.7. The maximum Gasteiger partial charge on any atom is 0.416 e. The lowest BCUT2D eigenvalue weighted by Crippen LogP contribution is -2.62. The average molecular weight is 519 g/mol. The second kappa shape index (κ2) is 11.7. The van der Waals surface area contributed by atoms with E-state index in [0.717, 1.165) is 5.56 Å². The molecule has 0 radical (unpaired) electrons. The highest BCUT2D eigenvalue weighted by Crippen LogP contribution is 2.37. The number of amides is 2. The zero-order valence-corrected chi connectivity index (χ0v) is 19.6. The summed E-state index contributed by atoms with van der Waals surface area (Å²) in [7, 11) is 0. The lowest BCUT2D eigenvalue weighted by Gasteiger charge is -2.32. The molecule has 6 nitrogen and oxygen atoms in total. The molecule has 0 saturated heterocycles. The van der Waals surface area contributed by atoms with E-state index in [9.17, 15) is 35.9 Å². The molecule has 0 aliphatic heterocycles. The predicted octanol–water partition coefficient (Wildman–Crippen LogP) is 4.34. The molecule has 36 heavy (non-hydrogen) atoms. The van der Waals surface area contributed by atoms with Gasteiger partial charge in [0.05, 0.1) is 24.0 Å². The molecule has 4 N–H and O–H groups in total. The summed E-state index contributed by atoms with van der Waals surface area (Å²) in [4.78, 5) is 24.1. The second-order valence-corrected chi connectivity index (χ2v) is 8.33. The molecule has 2 amide bonds. The molecule has 2 rings (SSSR count). The molecule has 0 saturated carbocycles. The summed E-state index contributed by atoms with van der Waals surface area (Å²) < 4.78 is 84.1. The fourth-order valence-corrected chi connectivity index (χ4v) is 3.56. The second-order valence-electron chi connectivity index (χ2n) is 8.33. The van der Waals surface area contributed by atoms with Crippen molar-refractivity contribution in [3.63, 3.8) is 0 Å². The van der Waals surface area contributed by atoms with Gasteiger partial charge in [-0.05, 0) is 49.1 Å². The van der Waals surface area contributed by atoms with Gasteiger partial charge in [-0.15, -0.1) is 0 Å². The van der Waals surface area contributed by atoms with E-state index in [1.54, 1.807) is 0 Å². The van der Waals surface area contributed by atoms with Crippen molar-refractivity contribution in [3.05, 3.63) is 70.8 Å². The summed E-state index contributed by atoms with van der Waals surface area (Å²) >= 11 is 0. The Hall–Kier alpha value is -3.12. The number of alkyl halides is 6. The Labute approximate surface area is 204 Å². The van der Waals surface area contributed by atoms with Gasteiger partial charge in [0.25, 0.3) is 0 Å². The van der Waals surface area contributed by atoms with Crippen LogP contribution in [0.15, 0.2) is 48.5 Å². The molecule has 2 aromatic rings. The number of primary amides is 1. The highest BCUT2D eigenvalue weighted by Gasteiger charge is 2.38. The Morgan fingerprint density at radius 3 is 2.00 bits per heavy atom. The van der Waals surface area contributed by atoms with Crippen LogP contribution in [0.2, 0.25) is 0 Å². The Balaban J connectivity index is 2.12. The van der Waals surface area contributed by atoms with Crippen molar-refractivity contribution < 1.29 is 40.7 Å². The maximum absolute atomic E-state index is 13.1. The van der Waals surface area contributed by atoms with Gasteiger partial charge in [-0.2, -0.15) is 26.3 Å². The SMILES string of the molecule is CC(=O)N[C@@](CCc1ccccc1)(CNCO[C@H](C)c1cc(C(F)(F)F)cc(C(F)(F)F)c1)C(N)=O. The van der Waals surface area contributed by atoms with Crippen LogP contribution in [0, 0.1) is 0 Å². The van der Waals surface area contributed by atoms with Gasteiger partial charge in [-0.1, -0.05) is 30.3 Å². The van der Waals surface area contributed by atoms with Crippen LogP contribution >= 0.6 is 0 Å². The van der Waals surface area contributed by atoms with E-state index in [1.807, 2.05) is 30.3 Å².